The van der Waals surface area contributed by atoms with E-state index in [0.717, 1.165) is 17.2 Å². The van der Waals surface area contributed by atoms with Crippen LogP contribution >= 0.6 is 0 Å². The van der Waals surface area contributed by atoms with Gasteiger partial charge in [0.2, 0.25) is 0 Å². The summed E-state index contributed by atoms with van der Waals surface area (Å²) in [5, 5.41) is 3.11. The van der Waals surface area contributed by atoms with Crippen LogP contribution in [0.1, 0.15) is 21.5 Å². The number of nitrogens with one attached hydrogen (secondary N) is 1. The highest BCUT2D eigenvalue weighted by atomic mass is 19.1. The van der Waals surface area contributed by atoms with Crippen molar-refractivity contribution in [3.05, 3.63) is 59.2 Å². The quantitative estimate of drug-likeness (QED) is 0.871. The molecule has 5 heteroatoms. The lowest BCUT2D eigenvalue weighted by Gasteiger charge is -2.12. The summed E-state index contributed by atoms with van der Waals surface area (Å²) < 4.78 is 17.9. The van der Waals surface area contributed by atoms with E-state index >= 15 is 0 Å². The highest BCUT2D eigenvalue weighted by Crippen LogP contribution is 2.19. The molecule has 0 spiro atoms. The van der Waals surface area contributed by atoms with Crippen LogP contribution in [-0.2, 0) is 11.3 Å². The predicted octanol–water partition coefficient (Wildman–Crippen LogP) is 2.93. The average Bonchev–Trinajstić information content (AvgIpc) is 2.46. The smallest absolute Gasteiger partial charge is 0.340 e. The van der Waals surface area contributed by atoms with Gasteiger partial charge in [0.25, 0.3) is 0 Å². The van der Waals surface area contributed by atoms with Crippen molar-refractivity contribution in [2.45, 2.75) is 13.5 Å². The number of hydrogen-bond donors (Lipinski definition) is 1. The molecular weight excluding hydrogens is 259 g/mol. The van der Waals surface area contributed by atoms with E-state index in [1.54, 1.807) is 12.4 Å². The van der Waals surface area contributed by atoms with Gasteiger partial charge in [-0.1, -0.05) is 0 Å². The molecule has 20 heavy (non-hydrogen) atoms. The molecule has 0 aliphatic rings. The summed E-state index contributed by atoms with van der Waals surface area (Å²) in [6, 6.07) is 5.88. The Morgan fingerprint density at radius 2 is 2.20 bits per heavy atom. The van der Waals surface area contributed by atoms with Crippen LogP contribution in [-0.4, -0.2) is 18.1 Å². The van der Waals surface area contributed by atoms with E-state index in [9.17, 15) is 9.18 Å². The monoisotopic (exact) mass is 274 g/mol. The molecule has 1 aromatic heterocycles. The number of halogens is 1. The highest BCUT2D eigenvalue weighted by molar-refractivity contribution is 5.95. The third-order valence-electron chi connectivity index (χ3n) is 3.00. The summed E-state index contributed by atoms with van der Waals surface area (Å²) in [5.74, 6) is -1.05. The molecule has 0 radical (unpaired) electrons. The first-order valence-electron chi connectivity index (χ1n) is 6.13. The van der Waals surface area contributed by atoms with Gasteiger partial charge in [-0.2, -0.15) is 0 Å². The molecule has 0 aliphatic heterocycles. The Labute approximate surface area is 116 Å². The standard InChI is InChI=1S/C15H15FN2O2/c1-10-5-6-17-8-11(10)9-18-14-4-3-12(16)7-13(14)15(19)20-2/h3-8,18H,9H2,1-2H3. The van der Waals surface area contributed by atoms with Gasteiger partial charge in [0.1, 0.15) is 5.82 Å². The van der Waals surface area contributed by atoms with Gasteiger partial charge in [0, 0.05) is 24.6 Å². The van der Waals surface area contributed by atoms with Crippen molar-refractivity contribution in [3.8, 4) is 0 Å². The number of hydrogen-bond acceptors (Lipinski definition) is 4. The summed E-state index contributed by atoms with van der Waals surface area (Å²) in [5.41, 5.74) is 2.80. The van der Waals surface area contributed by atoms with Gasteiger partial charge >= 0.3 is 5.97 Å². The number of esters is 1. The topological polar surface area (TPSA) is 51.2 Å². The third kappa shape index (κ3) is 3.12. The van der Waals surface area contributed by atoms with E-state index in [1.807, 2.05) is 13.0 Å². The van der Waals surface area contributed by atoms with Gasteiger partial charge in [-0.25, -0.2) is 9.18 Å². The Kier molecular flexibility index (Phi) is 4.30. The molecule has 1 N–H and O–H groups in total. The molecule has 0 amide bonds. The molecule has 0 unspecified atom stereocenters. The molecule has 2 aromatic rings. The maximum Gasteiger partial charge on any atom is 0.340 e. The van der Waals surface area contributed by atoms with Crippen molar-refractivity contribution in [3.63, 3.8) is 0 Å². The van der Waals surface area contributed by atoms with Crippen LogP contribution in [0, 0.1) is 12.7 Å². The maximum absolute atomic E-state index is 13.2. The summed E-state index contributed by atoms with van der Waals surface area (Å²) in [6.45, 7) is 2.47. The second-order valence-electron chi connectivity index (χ2n) is 4.34. The zero-order valence-corrected chi connectivity index (χ0v) is 11.3. The summed E-state index contributed by atoms with van der Waals surface area (Å²) in [7, 11) is 1.27. The first-order valence-corrected chi connectivity index (χ1v) is 6.13. The second-order valence-corrected chi connectivity index (χ2v) is 4.34. The molecule has 0 aliphatic carbocycles. The Morgan fingerprint density at radius 1 is 1.40 bits per heavy atom. The van der Waals surface area contributed by atoms with Crippen LogP contribution in [0.4, 0.5) is 10.1 Å². The maximum atomic E-state index is 13.2. The molecule has 2 rings (SSSR count). The lowest BCUT2D eigenvalue weighted by Crippen LogP contribution is -2.09. The number of ether oxygens (including phenoxy) is 1. The molecule has 104 valence electrons. The Hall–Kier alpha value is -2.43. The SMILES string of the molecule is COC(=O)c1cc(F)ccc1NCc1cnccc1C. The van der Waals surface area contributed by atoms with Gasteiger partial charge in [-0.15, -0.1) is 0 Å². The fourth-order valence-electron chi connectivity index (χ4n) is 1.82. The number of anilines is 1. The number of carbonyl (C=O) groups excluding carboxylic acids is 1. The molecule has 1 aromatic carbocycles. The summed E-state index contributed by atoms with van der Waals surface area (Å²) in [6.07, 6.45) is 3.47. The van der Waals surface area contributed by atoms with Crippen molar-refractivity contribution in [1.29, 1.82) is 0 Å². The molecule has 0 saturated carbocycles. The molecule has 4 nitrogen and oxygen atoms in total. The van der Waals surface area contributed by atoms with Crippen molar-refractivity contribution in [1.82, 2.24) is 4.98 Å². The third-order valence-corrected chi connectivity index (χ3v) is 3.00. The lowest BCUT2D eigenvalue weighted by molar-refractivity contribution is 0.0601. The largest absolute Gasteiger partial charge is 0.465 e. The van der Waals surface area contributed by atoms with Crippen LogP contribution in [0.15, 0.2) is 36.7 Å². The van der Waals surface area contributed by atoms with Gasteiger partial charge in [-0.05, 0) is 42.3 Å². The number of rotatable bonds is 4. The van der Waals surface area contributed by atoms with Crippen molar-refractivity contribution < 1.29 is 13.9 Å². The zero-order chi connectivity index (χ0) is 14.5. The number of carbonyl (C=O) groups is 1. The van der Waals surface area contributed by atoms with Crippen molar-refractivity contribution in [2.75, 3.05) is 12.4 Å². The van der Waals surface area contributed by atoms with Crippen LogP contribution in [0.25, 0.3) is 0 Å². The Morgan fingerprint density at radius 3 is 2.90 bits per heavy atom. The zero-order valence-electron chi connectivity index (χ0n) is 11.3. The highest BCUT2D eigenvalue weighted by Gasteiger charge is 2.13. The average molecular weight is 274 g/mol. The van der Waals surface area contributed by atoms with Crippen molar-refractivity contribution >= 4 is 11.7 Å². The van der Waals surface area contributed by atoms with Gasteiger partial charge in [0.15, 0.2) is 0 Å². The van der Waals surface area contributed by atoms with E-state index in [2.05, 4.69) is 15.0 Å². The number of aryl methyl sites for hydroxylation is 1. The van der Waals surface area contributed by atoms with E-state index in [1.165, 1.54) is 19.2 Å². The fourth-order valence-corrected chi connectivity index (χ4v) is 1.82. The van der Waals surface area contributed by atoms with E-state index < -0.39 is 11.8 Å². The number of benzene rings is 1. The van der Waals surface area contributed by atoms with E-state index in [4.69, 9.17) is 0 Å². The van der Waals surface area contributed by atoms with Crippen LogP contribution < -0.4 is 5.32 Å². The van der Waals surface area contributed by atoms with Crippen LogP contribution in [0.3, 0.4) is 0 Å². The van der Waals surface area contributed by atoms with Gasteiger partial charge < -0.3 is 10.1 Å². The fraction of sp³-hybridized carbons (Fsp3) is 0.200. The number of pyridine rings is 1. The minimum Gasteiger partial charge on any atom is -0.465 e. The minimum atomic E-state index is -0.574. The predicted molar refractivity (Wildman–Crippen MR) is 74.0 cm³/mol. The van der Waals surface area contributed by atoms with Gasteiger partial charge in [0.05, 0.1) is 12.7 Å². The molecule has 0 bridgehead atoms. The lowest BCUT2D eigenvalue weighted by atomic mass is 10.1. The molecule has 0 atom stereocenters. The van der Waals surface area contributed by atoms with Crippen molar-refractivity contribution in [2.24, 2.45) is 0 Å². The Balaban J connectivity index is 2.21. The Bertz CT molecular complexity index is 629. The first-order chi connectivity index (χ1) is 9.61. The van der Waals surface area contributed by atoms with E-state index in [0.29, 0.717) is 12.2 Å². The first kappa shape index (κ1) is 14.0. The summed E-state index contributed by atoms with van der Waals surface area (Å²) in [4.78, 5) is 15.7. The second kappa shape index (κ2) is 6.14. The molecule has 0 fully saturated rings. The molecule has 0 saturated heterocycles. The van der Waals surface area contributed by atoms with Gasteiger partial charge in [-0.3, -0.25) is 4.98 Å². The van der Waals surface area contributed by atoms with Crippen LogP contribution in [0.5, 0.6) is 0 Å². The normalized spacial score (nSPS) is 10.2. The number of methoxy groups -OCH3 is 1. The molecule has 1 heterocycles. The summed E-state index contributed by atoms with van der Waals surface area (Å²) >= 11 is 0. The van der Waals surface area contributed by atoms with E-state index in [-0.39, 0.29) is 5.56 Å². The number of aromatic nitrogens is 1. The number of nitrogens with zero attached hydrogens (tertiary/aromatic N) is 1. The van der Waals surface area contributed by atoms with Crippen LogP contribution in [0.2, 0.25) is 0 Å². The minimum absolute atomic E-state index is 0.175. The molecular formula is C15H15FN2O2.